The van der Waals surface area contributed by atoms with E-state index in [0.717, 1.165) is 49.0 Å². The average molecular weight is 349 g/mol. The van der Waals surface area contributed by atoms with E-state index in [4.69, 9.17) is 11.6 Å². The minimum absolute atomic E-state index is 0.0522. The number of halogens is 1. The summed E-state index contributed by atoms with van der Waals surface area (Å²) in [5.41, 5.74) is 7.51. The standard InChI is InChI=1S/C18H25ClN4O/c19-14-3-1-2-4-15(14)20-13-7-9-23(10-8-13)18(24)17-11-16(21-22-17)12-5-6-12/h1-4,12-13,16-17,20-22H,5-11H2. The van der Waals surface area contributed by atoms with E-state index in [0.29, 0.717) is 12.1 Å². The lowest BCUT2D eigenvalue weighted by molar-refractivity contribution is -0.134. The van der Waals surface area contributed by atoms with Crippen molar-refractivity contribution < 1.29 is 4.79 Å². The van der Waals surface area contributed by atoms with E-state index in [1.807, 2.05) is 29.2 Å². The molecule has 6 heteroatoms. The smallest absolute Gasteiger partial charge is 0.241 e. The molecule has 3 aliphatic rings. The summed E-state index contributed by atoms with van der Waals surface area (Å²) in [7, 11) is 0. The highest BCUT2D eigenvalue weighted by Crippen LogP contribution is 2.36. The van der Waals surface area contributed by atoms with E-state index in [2.05, 4.69) is 16.2 Å². The molecule has 3 N–H and O–H groups in total. The highest BCUT2D eigenvalue weighted by molar-refractivity contribution is 6.33. The quantitative estimate of drug-likeness (QED) is 0.782. The van der Waals surface area contributed by atoms with E-state index in [1.54, 1.807) is 0 Å². The lowest BCUT2D eigenvalue weighted by Crippen LogP contribution is -2.50. The monoisotopic (exact) mass is 348 g/mol. The second kappa shape index (κ2) is 6.90. The molecule has 2 aliphatic heterocycles. The maximum atomic E-state index is 12.7. The van der Waals surface area contributed by atoms with Gasteiger partial charge in [0.2, 0.25) is 5.91 Å². The molecule has 0 bridgehead atoms. The van der Waals surface area contributed by atoms with Crippen LogP contribution in [0.3, 0.4) is 0 Å². The number of hydrogen-bond acceptors (Lipinski definition) is 4. The van der Waals surface area contributed by atoms with Crippen molar-refractivity contribution in [3.8, 4) is 0 Å². The summed E-state index contributed by atoms with van der Waals surface area (Å²) in [6.07, 6.45) is 5.46. The van der Waals surface area contributed by atoms with Gasteiger partial charge in [-0.25, -0.2) is 5.43 Å². The molecule has 0 spiro atoms. The Kier molecular flexibility index (Phi) is 4.66. The van der Waals surface area contributed by atoms with Crippen molar-refractivity contribution in [2.24, 2.45) is 5.92 Å². The second-order valence-electron chi connectivity index (χ2n) is 7.24. The molecule has 3 fully saturated rings. The second-order valence-corrected chi connectivity index (χ2v) is 7.65. The number of carbonyl (C=O) groups excluding carboxylic acids is 1. The van der Waals surface area contributed by atoms with Crippen molar-refractivity contribution in [1.29, 1.82) is 0 Å². The molecule has 0 aromatic heterocycles. The van der Waals surface area contributed by atoms with Gasteiger partial charge < -0.3 is 10.2 Å². The van der Waals surface area contributed by atoms with E-state index < -0.39 is 0 Å². The van der Waals surface area contributed by atoms with E-state index in [-0.39, 0.29) is 11.9 Å². The number of piperidine rings is 1. The lowest BCUT2D eigenvalue weighted by atomic mass is 10.0. The maximum Gasteiger partial charge on any atom is 0.241 e. The summed E-state index contributed by atoms with van der Waals surface area (Å²) >= 11 is 6.21. The molecule has 1 aromatic rings. The summed E-state index contributed by atoms with van der Waals surface area (Å²) in [5, 5.41) is 4.26. The van der Waals surface area contributed by atoms with Gasteiger partial charge >= 0.3 is 0 Å². The zero-order chi connectivity index (χ0) is 16.5. The van der Waals surface area contributed by atoms with Gasteiger partial charge in [0.25, 0.3) is 0 Å². The van der Waals surface area contributed by atoms with Crippen LogP contribution in [0.5, 0.6) is 0 Å². The van der Waals surface area contributed by atoms with Gasteiger partial charge in [0.05, 0.1) is 10.7 Å². The van der Waals surface area contributed by atoms with Crippen LogP contribution >= 0.6 is 11.6 Å². The Morgan fingerprint density at radius 3 is 2.58 bits per heavy atom. The Balaban J connectivity index is 1.26. The number of nitrogens with zero attached hydrogens (tertiary/aromatic N) is 1. The van der Waals surface area contributed by atoms with Crippen LogP contribution in [0.2, 0.25) is 5.02 Å². The first-order valence-corrected chi connectivity index (χ1v) is 9.39. The van der Waals surface area contributed by atoms with Crippen molar-refractivity contribution in [3.05, 3.63) is 29.3 Å². The molecular formula is C18H25ClN4O. The number of nitrogens with one attached hydrogen (secondary N) is 3. The summed E-state index contributed by atoms with van der Waals surface area (Å²) in [6.45, 7) is 1.63. The van der Waals surface area contributed by atoms with Gasteiger partial charge in [-0.15, -0.1) is 0 Å². The number of amides is 1. The van der Waals surface area contributed by atoms with Crippen molar-refractivity contribution in [2.45, 2.75) is 50.2 Å². The zero-order valence-corrected chi connectivity index (χ0v) is 14.6. The summed E-state index contributed by atoms with van der Waals surface area (Å²) in [4.78, 5) is 14.7. The third kappa shape index (κ3) is 3.53. The molecule has 2 saturated heterocycles. The lowest BCUT2D eigenvalue weighted by Gasteiger charge is -2.34. The minimum atomic E-state index is -0.0522. The van der Waals surface area contributed by atoms with Gasteiger partial charge in [-0.2, -0.15) is 0 Å². The van der Waals surface area contributed by atoms with Crippen LogP contribution in [0, 0.1) is 5.92 Å². The molecule has 1 aliphatic carbocycles. The molecule has 2 atom stereocenters. The van der Waals surface area contributed by atoms with Crippen LogP contribution in [0.15, 0.2) is 24.3 Å². The highest BCUT2D eigenvalue weighted by Gasteiger charge is 2.40. The van der Waals surface area contributed by atoms with Crippen LogP contribution in [-0.4, -0.2) is 42.0 Å². The molecule has 2 unspecified atom stereocenters. The fourth-order valence-electron chi connectivity index (χ4n) is 3.81. The molecule has 1 saturated carbocycles. The zero-order valence-electron chi connectivity index (χ0n) is 13.8. The van der Waals surface area contributed by atoms with Crippen molar-refractivity contribution >= 4 is 23.2 Å². The first-order chi connectivity index (χ1) is 11.7. The summed E-state index contributed by atoms with van der Waals surface area (Å²) in [5.74, 6) is 1.03. The van der Waals surface area contributed by atoms with Crippen LogP contribution < -0.4 is 16.2 Å². The van der Waals surface area contributed by atoms with Gasteiger partial charge in [-0.1, -0.05) is 23.7 Å². The number of para-hydroxylation sites is 1. The molecule has 2 heterocycles. The molecule has 4 rings (SSSR count). The first kappa shape index (κ1) is 16.2. The number of likely N-dealkylation sites (tertiary alicyclic amines) is 1. The summed E-state index contributed by atoms with van der Waals surface area (Å²) in [6, 6.07) is 8.64. The Morgan fingerprint density at radius 2 is 1.88 bits per heavy atom. The molecule has 130 valence electrons. The van der Waals surface area contributed by atoms with Crippen molar-refractivity contribution in [3.63, 3.8) is 0 Å². The van der Waals surface area contributed by atoms with Gasteiger partial charge in [0.15, 0.2) is 0 Å². The number of benzene rings is 1. The summed E-state index contributed by atoms with van der Waals surface area (Å²) < 4.78 is 0. The van der Waals surface area contributed by atoms with Gasteiger partial charge in [-0.05, 0) is 50.2 Å². The molecule has 24 heavy (non-hydrogen) atoms. The van der Waals surface area contributed by atoms with Gasteiger partial charge in [0.1, 0.15) is 6.04 Å². The Labute approximate surface area is 148 Å². The van der Waals surface area contributed by atoms with E-state index >= 15 is 0 Å². The van der Waals surface area contributed by atoms with Crippen molar-refractivity contribution in [1.82, 2.24) is 15.8 Å². The molecule has 0 radical (unpaired) electrons. The first-order valence-electron chi connectivity index (χ1n) is 9.01. The van der Waals surface area contributed by atoms with Gasteiger partial charge in [0, 0.05) is 25.2 Å². The molecule has 1 aromatic carbocycles. The maximum absolute atomic E-state index is 12.7. The number of rotatable bonds is 4. The van der Waals surface area contributed by atoms with Gasteiger partial charge in [-0.3, -0.25) is 10.2 Å². The third-order valence-electron chi connectivity index (χ3n) is 5.46. The van der Waals surface area contributed by atoms with Crippen molar-refractivity contribution in [2.75, 3.05) is 18.4 Å². The Morgan fingerprint density at radius 1 is 1.12 bits per heavy atom. The minimum Gasteiger partial charge on any atom is -0.381 e. The fraction of sp³-hybridized carbons (Fsp3) is 0.611. The topological polar surface area (TPSA) is 56.4 Å². The molecule has 5 nitrogen and oxygen atoms in total. The number of hydrogen-bond donors (Lipinski definition) is 3. The highest BCUT2D eigenvalue weighted by atomic mass is 35.5. The van der Waals surface area contributed by atoms with E-state index in [9.17, 15) is 4.79 Å². The molecule has 1 amide bonds. The fourth-order valence-corrected chi connectivity index (χ4v) is 4.00. The predicted molar refractivity (Wildman–Crippen MR) is 95.9 cm³/mol. The SMILES string of the molecule is O=C(C1CC(C2CC2)NN1)N1CCC(Nc2ccccc2Cl)CC1. The largest absolute Gasteiger partial charge is 0.381 e. The van der Waals surface area contributed by atoms with Crippen LogP contribution in [0.1, 0.15) is 32.1 Å². The average Bonchev–Trinajstić information content (AvgIpc) is 3.34. The number of carbonyl (C=O) groups is 1. The van der Waals surface area contributed by atoms with Crippen LogP contribution in [-0.2, 0) is 4.79 Å². The Hall–Kier alpha value is -1.30. The molecular weight excluding hydrogens is 324 g/mol. The Bertz CT molecular complexity index is 598. The predicted octanol–water partition coefficient (Wildman–Crippen LogP) is 2.39. The third-order valence-corrected chi connectivity index (χ3v) is 5.79. The number of anilines is 1. The van der Waals surface area contributed by atoms with E-state index in [1.165, 1.54) is 12.8 Å². The normalized spacial score (nSPS) is 28.1. The van der Waals surface area contributed by atoms with Crippen LogP contribution in [0.25, 0.3) is 0 Å². The van der Waals surface area contributed by atoms with Crippen LogP contribution in [0.4, 0.5) is 5.69 Å². The number of hydrazine groups is 1.